The smallest absolute Gasteiger partial charge is 0.223 e. The number of nitrogens with zero attached hydrogens (tertiary/aromatic N) is 2. The van der Waals surface area contributed by atoms with E-state index < -0.39 is 0 Å². The summed E-state index contributed by atoms with van der Waals surface area (Å²) < 4.78 is 1.61. The zero-order valence-corrected chi connectivity index (χ0v) is 49.5. The van der Waals surface area contributed by atoms with E-state index in [2.05, 4.69) is 89.8 Å². The van der Waals surface area contributed by atoms with E-state index in [-0.39, 0.29) is 16.5 Å². The summed E-state index contributed by atoms with van der Waals surface area (Å²) in [6, 6.07) is 14.5. The van der Waals surface area contributed by atoms with E-state index in [1.165, 1.54) is 271 Å². The number of unbranched alkanes of at least 4 members (excludes halogenated alkanes) is 34. The van der Waals surface area contributed by atoms with Crippen LogP contribution in [0.5, 0.6) is 0 Å². The molecule has 0 radical (unpaired) electrons. The fourth-order valence-electron chi connectivity index (χ4n) is 11.0. The van der Waals surface area contributed by atoms with Gasteiger partial charge in [-0.15, -0.1) is 0 Å². The molecule has 0 saturated heterocycles. The molecule has 410 valence electrons. The second kappa shape index (κ2) is 44.8. The molecule has 0 N–H and O–H groups in total. The van der Waals surface area contributed by atoms with Gasteiger partial charge >= 0.3 is 0 Å². The molecule has 0 aliphatic carbocycles. The number of hydrogen-bond acceptors (Lipinski definition) is 0. The Balaban J connectivity index is 0.0000178. The van der Waals surface area contributed by atoms with E-state index in [4.69, 9.17) is 0 Å². The predicted molar refractivity (Wildman–Crippen MR) is 316 cm³/mol. The molecular weight excluding hydrogens is 915 g/mol. The quantitative estimate of drug-likeness (QED) is 0.0273. The van der Waals surface area contributed by atoms with Gasteiger partial charge in [0.25, 0.3) is 0 Å². The summed E-state index contributed by atoms with van der Waals surface area (Å²) in [6.07, 6.45) is 58.7. The van der Waals surface area contributed by atoms with Gasteiger partial charge < -0.3 is 5.53 Å². The molecule has 0 fully saturated rings. The summed E-state index contributed by atoms with van der Waals surface area (Å²) in [4.78, 5) is 0. The SMILES string of the molecule is CCCCCCCCCCCCCCCCCCCCCCCCCCCC#CC1=C(c2cc(CCCC)cc(CCCC)c2)[N+](=[N-])C(c2cc(CCCC)cc(CCCC)c2)=C1CCCCCCCC.[Ni]. The van der Waals surface area contributed by atoms with Crippen LogP contribution in [0, 0.1) is 11.8 Å². The minimum absolute atomic E-state index is 0. The topological polar surface area (TPSA) is 25.3 Å². The number of hydrogen-bond donors (Lipinski definition) is 0. The van der Waals surface area contributed by atoms with Crippen LogP contribution in [-0.2, 0) is 42.2 Å². The Morgan fingerprint density at radius 1 is 0.319 bits per heavy atom. The van der Waals surface area contributed by atoms with E-state index >= 15 is 0 Å². The van der Waals surface area contributed by atoms with Gasteiger partial charge in [0.05, 0.1) is 0 Å². The molecule has 1 aliphatic rings. The second-order valence-electron chi connectivity index (χ2n) is 22.4. The first kappa shape index (κ1) is 65.7. The maximum absolute atomic E-state index is 12.8. The summed E-state index contributed by atoms with van der Waals surface area (Å²) in [6.45, 7) is 13.8. The van der Waals surface area contributed by atoms with Crippen LogP contribution < -0.4 is 0 Å². The zero-order valence-electron chi connectivity index (χ0n) is 48.5. The minimum Gasteiger partial charge on any atom is -0.493 e. The Morgan fingerprint density at radius 2 is 0.597 bits per heavy atom. The van der Waals surface area contributed by atoms with Crippen molar-refractivity contribution < 1.29 is 21.2 Å². The van der Waals surface area contributed by atoms with Crippen LogP contribution in [0.2, 0.25) is 0 Å². The molecule has 1 aliphatic heterocycles. The van der Waals surface area contributed by atoms with Crippen molar-refractivity contribution in [1.29, 1.82) is 0 Å². The number of allylic oxidation sites excluding steroid dienone is 2. The summed E-state index contributed by atoms with van der Waals surface area (Å²) in [5, 5.41) is 0. The number of rotatable bonds is 46. The average molecular weight is 1030 g/mol. The summed E-state index contributed by atoms with van der Waals surface area (Å²) in [7, 11) is 0. The van der Waals surface area contributed by atoms with Gasteiger partial charge in [-0.2, -0.15) is 0 Å². The average Bonchev–Trinajstić information content (AvgIpc) is 3.66. The number of benzene rings is 2. The summed E-state index contributed by atoms with van der Waals surface area (Å²) in [5.74, 6) is 7.56. The van der Waals surface area contributed by atoms with Crippen LogP contribution in [0.4, 0.5) is 0 Å². The van der Waals surface area contributed by atoms with Crippen molar-refractivity contribution in [1.82, 2.24) is 0 Å². The van der Waals surface area contributed by atoms with Gasteiger partial charge in [-0.1, -0.05) is 277 Å². The third kappa shape index (κ3) is 28.5. The van der Waals surface area contributed by atoms with E-state index in [9.17, 15) is 5.53 Å². The fourth-order valence-corrected chi connectivity index (χ4v) is 11.0. The standard InChI is InChI=1S/C69H114N2.Ni/c1-7-13-19-21-23-24-25-26-27-28-29-30-31-32-33-34-35-36-37-38-39-40-41-42-43-45-47-53-67-66(52-46-44-22-20-14-8-2)68(64-56-60(48-15-9-3)54-61(57-64)49-16-10-4)71(70)69(67)65-58-62(50-17-11-5)55-63(59-65)51-18-12-6;/h54-59H,7-46,48-52H2,1-6H3;. The molecule has 0 amide bonds. The molecule has 0 spiro atoms. The third-order valence-corrected chi connectivity index (χ3v) is 15.6. The monoisotopic (exact) mass is 1030 g/mol. The Bertz CT molecular complexity index is 1750. The van der Waals surface area contributed by atoms with Crippen molar-refractivity contribution in [2.75, 3.05) is 0 Å². The van der Waals surface area contributed by atoms with Gasteiger partial charge in [0, 0.05) is 39.6 Å². The molecule has 0 unspecified atom stereocenters. The van der Waals surface area contributed by atoms with Crippen molar-refractivity contribution in [2.24, 2.45) is 0 Å². The molecule has 3 heteroatoms. The minimum atomic E-state index is 0. The number of aryl methyl sites for hydroxylation is 4. The van der Waals surface area contributed by atoms with E-state index in [1.807, 2.05) is 0 Å². The molecule has 0 saturated carbocycles. The Morgan fingerprint density at radius 3 is 0.917 bits per heavy atom. The predicted octanol–water partition coefficient (Wildman–Crippen LogP) is 23.1. The van der Waals surface area contributed by atoms with Gasteiger partial charge in [-0.25, -0.2) is 4.70 Å². The molecule has 0 aromatic heterocycles. The van der Waals surface area contributed by atoms with Crippen LogP contribution in [0.15, 0.2) is 47.5 Å². The van der Waals surface area contributed by atoms with Crippen molar-refractivity contribution in [3.05, 3.63) is 86.5 Å². The second-order valence-corrected chi connectivity index (χ2v) is 22.4. The van der Waals surface area contributed by atoms with Gasteiger partial charge in [0.2, 0.25) is 11.4 Å². The molecule has 3 rings (SSSR count). The Hall–Kier alpha value is -2.43. The van der Waals surface area contributed by atoms with Crippen molar-refractivity contribution in [2.45, 2.75) is 330 Å². The van der Waals surface area contributed by atoms with Gasteiger partial charge in [0.15, 0.2) is 0 Å². The largest absolute Gasteiger partial charge is 0.493 e. The van der Waals surface area contributed by atoms with Gasteiger partial charge in [-0.3, -0.25) is 0 Å². The molecule has 2 nitrogen and oxygen atoms in total. The fraction of sp³-hybridized carbons (Fsp3) is 0.739. The maximum Gasteiger partial charge on any atom is 0.223 e. The first-order valence-corrected chi connectivity index (χ1v) is 31.7. The van der Waals surface area contributed by atoms with E-state index in [0.29, 0.717) is 0 Å². The van der Waals surface area contributed by atoms with E-state index in [0.717, 1.165) is 73.9 Å². The van der Waals surface area contributed by atoms with Gasteiger partial charge in [-0.05, 0) is 117 Å². The maximum atomic E-state index is 12.8. The molecular formula is C69H114N2Ni. The summed E-state index contributed by atoms with van der Waals surface area (Å²) in [5.41, 5.74) is 25.0. The van der Waals surface area contributed by atoms with Crippen molar-refractivity contribution in [3.63, 3.8) is 0 Å². The third-order valence-electron chi connectivity index (χ3n) is 15.6. The Labute approximate surface area is 458 Å². The van der Waals surface area contributed by atoms with Crippen LogP contribution >= 0.6 is 0 Å². The van der Waals surface area contributed by atoms with E-state index in [1.54, 1.807) is 4.70 Å². The first-order chi connectivity index (χ1) is 35.0. The zero-order chi connectivity index (χ0) is 50.8. The molecule has 2 aromatic rings. The summed E-state index contributed by atoms with van der Waals surface area (Å²) >= 11 is 0. The van der Waals surface area contributed by atoms with Gasteiger partial charge in [0.1, 0.15) is 5.57 Å². The van der Waals surface area contributed by atoms with Crippen LogP contribution in [0.1, 0.15) is 338 Å². The molecule has 2 aromatic carbocycles. The molecule has 0 atom stereocenters. The van der Waals surface area contributed by atoms with Crippen LogP contribution in [0.25, 0.3) is 16.9 Å². The van der Waals surface area contributed by atoms with Crippen molar-refractivity contribution >= 4 is 11.4 Å². The normalized spacial score (nSPS) is 12.6. The van der Waals surface area contributed by atoms with Crippen LogP contribution in [0.3, 0.4) is 0 Å². The molecule has 1 heterocycles. The molecule has 72 heavy (non-hydrogen) atoms. The van der Waals surface area contributed by atoms with Crippen molar-refractivity contribution in [3.8, 4) is 11.8 Å². The molecule has 0 bridgehead atoms. The Kier molecular flexibility index (Phi) is 40.9. The van der Waals surface area contributed by atoms with Crippen LogP contribution in [-0.4, -0.2) is 4.70 Å². The first-order valence-electron chi connectivity index (χ1n) is 31.7.